The van der Waals surface area contributed by atoms with Gasteiger partial charge in [0.2, 0.25) is 11.8 Å². The molecule has 2 unspecified atom stereocenters. The number of benzene rings is 1. The molecule has 8 nitrogen and oxygen atoms in total. The van der Waals surface area contributed by atoms with Crippen LogP contribution in [0.4, 0.5) is 5.69 Å². The van der Waals surface area contributed by atoms with Gasteiger partial charge in [0, 0.05) is 43.7 Å². The minimum atomic E-state index is -0.713. The molecule has 1 N–H and O–H groups in total. The summed E-state index contributed by atoms with van der Waals surface area (Å²) in [6.07, 6.45) is 5.93. The summed E-state index contributed by atoms with van der Waals surface area (Å²) in [5.41, 5.74) is 0.695. The topological polar surface area (TPSA) is 90.4 Å². The van der Waals surface area contributed by atoms with Crippen molar-refractivity contribution in [3.8, 4) is 5.75 Å². The third-order valence-electron chi connectivity index (χ3n) is 8.32. The fourth-order valence-corrected chi connectivity index (χ4v) is 8.94. The minimum Gasteiger partial charge on any atom is -0.497 e. The van der Waals surface area contributed by atoms with Gasteiger partial charge in [0.05, 0.1) is 23.7 Å². The molecule has 3 fully saturated rings. The van der Waals surface area contributed by atoms with E-state index in [-0.39, 0.29) is 30.9 Å². The van der Waals surface area contributed by atoms with Crippen molar-refractivity contribution in [2.45, 2.75) is 48.1 Å². The molecular formula is C29H39N3O5S. The molecule has 4 rings (SSSR count). The highest BCUT2D eigenvalue weighted by Crippen LogP contribution is 2.71. The van der Waals surface area contributed by atoms with E-state index in [0.717, 1.165) is 6.42 Å². The Morgan fingerprint density at radius 1 is 1.16 bits per heavy atom. The number of aliphatic hydroxyl groups excluding tert-OH is 1. The maximum atomic E-state index is 14.5. The number of unbranched alkanes of at least 4 members (excludes halogenated alkanes) is 1. The average Bonchev–Trinajstić information content (AvgIpc) is 3.47. The molecule has 3 saturated heterocycles. The van der Waals surface area contributed by atoms with E-state index in [1.165, 1.54) is 0 Å². The van der Waals surface area contributed by atoms with E-state index in [1.807, 2.05) is 12.1 Å². The third-order valence-corrected chi connectivity index (χ3v) is 10.3. The Balaban J connectivity index is 1.77. The van der Waals surface area contributed by atoms with E-state index >= 15 is 0 Å². The van der Waals surface area contributed by atoms with Crippen molar-refractivity contribution in [1.29, 1.82) is 0 Å². The Morgan fingerprint density at radius 3 is 2.45 bits per heavy atom. The molecule has 3 aliphatic heterocycles. The van der Waals surface area contributed by atoms with Gasteiger partial charge in [0.15, 0.2) is 0 Å². The molecular weight excluding hydrogens is 502 g/mol. The molecule has 3 amide bonds. The molecule has 206 valence electrons. The Hall–Kier alpha value is -2.78. The van der Waals surface area contributed by atoms with Crippen molar-refractivity contribution >= 4 is 35.2 Å². The Kier molecular flexibility index (Phi) is 8.28. The lowest BCUT2D eigenvalue weighted by atomic mass is 9.66. The molecule has 0 aliphatic carbocycles. The van der Waals surface area contributed by atoms with Gasteiger partial charge in [-0.1, -0.05) is 12.2 Å². The first-order valence-electron chi connectivity index (χ1n) is 13.2. The number of carbonyl (C=O) groups excluding carboxylic acids is 3. The molecule has 3 aliphatic rings. The largest absolute Gasteiger partial charge is 0.497 e. The normalized spacial score (nSPS) is 29.2. The third kappa shape index (κ3) is 4.53. The zero-order valence-electron chi connectivity index (χ0n) is 22.6. The van der Waals surface area contributed by atoms with Crippen LogP contribution in [-0.2, 0) is 14.4 Å². The van der Waals surface area contributed by atoms with Crippen molar-refractivity contribution < 1.29 is 24.2 Å². The molecule has 38 heavy (non-hydrogen) atoms. The molecule has 0 radical (unpaired) electrons. The second-order valence-corrected chi connectivity index (χ2v) is 12.5. The first kappa shape index (κ1) is 28.2. The first-order valence-corrected chi connectivity index (χ1v) is 14.0. The van der Waals surface area contributed by atoms with Crippen LogP contribution in [-0.4, -0.2) is 88.6 Å². The van der Waals surface area contributed by atoms with Crippen molar-refractivity contribution in [3.05, 3.63) is 49.6 Å². The van der Waals surface area contributed by atoms with Gasteiger partial charge in [-0.2, -0.15) is 0 Å². The van der Waals surface area contributed by atoms with Crippen molar-refractivity contribution in [1.82, 2.24) is 9.80 Å². The number of carbonyl (C=O) groups is 3. The van der Waals surface area contributed by atoms with E-state index < -0.39 is 27.4 Å². The number of likely N-dealkylation sites (N-methyl/N-ethyl adjacent to an activating group) is 1. The average molecular weight is 542 g/mol. The lowest BCUT2D eigenvalue weighted by molar-refractivity contribution is -0.144. The molecule has 0 saturated carbocycles. The minimum absolute atomic E-state index is 0.0178. The molecule has 1 aromatic carbocycles. The van der Waals surface area contributed by atoms with Gasteiger partial charge in [0.1, 0.15) is 11.8 Å². The molecule has 1 spiro atoms. The number of likely N-dealkylation sites (tertiary alicyclic amines) is 1. The molecule has 3 heterocycles. The Bertz CT molecular complexity index is 1090. The summed E-state index contributed by atoms with van der Waals surface area (Å²) < 4.78 is 4.17. The van der Waals surface area contributed by atoms with Crippen LogP contribution in [0.3, 0.4) is 0 Å². The zero-order valence-corrected chi connectivity index (χ0v) is 23.4. The van der Waals surface area contributed by atoms with Crippen molar-refractivity contribution in [2.24, 2.45) is 11.8 Å². The smallest absolute Gasteiger partial charge is 0.251 e. The predicted molar refractivity (Wildman–Crippen MR) is 150 cm³/mol. The number of methoxy groups -OCH3 is 1. The van der Waals surface area contributed by atoms with Gasteiger partial charge < -0.3 is 24.5 Å². The van der Waals surface area contributed by atoms with Crippen LogP contribution in [0.2, 0.25) is 0 Å². The van der Waals surface area contributed by atoms with Gasteiger partial charge in [-0.15, -0.1) is 24.9 Å². The number of anilines is 1. The predicted octanol–water partition coefficient (Wildman–Crippen LogP) is 3.11. The summed E-state index contributed by atoms with van der Waals surface area (Å²) in [6, 6.07) is 6.56. The van der Waals surface area contributed by atoms with Gasteiger partial charge in [-0.25, -0.2) is 0 Å². The summed E-state index contributed by atoms with van der Waals surface area (Å²) in [4.78, 5) is 47.4. The lowest BCUT2D eigenvalue weighted by Gasteiger charge is -2.37. The Labute approximate surface area is 229 Å². The van der Waals surface area contributed by atoms with E-state index in [0.29, 0.717) is 43.8 Å². The second-order valence-electron chi connectivity index (χ2n) is 10.6. The van der Waals surface area contributed by atoms with Gasteiger partial charge >= 0.3 is 0 Å². The van der Waals surface area contributed by atoms with Gasteiger partial charge in [-0.3, -0.25) is 14.4 Å². The lowest BCUT2D eigenvalue weighted by Crippen LogP contribution is -2.55. The van der Waals surface area contributed by atoms with Crippen molar-refractivity contribution in [2.75, 3.05) is 45.3 Å². The first-order chi connectivity index (χ1) is 18.2. The number of rotatable bonds is 12. The highest BCUT2D eigenvalue weighted by Gasteiger charge is 2.77. The van der Waals surface area contributed by atoms with Crippen molar-refractivity contribution in [3.63, 3.8) is 0 Å². The monoisotopic (exact) mass is 541 g/mol. The molecule has 9 heteroatoms. The van der Waals surface area contributed by atoms with Crippen LogP contribution in [0.1, 0.15) is 32.6 Å². The SMILES string of the molecule is C=CCN(C)C(=O)[C@@H]1[C@H]2C(=O)N(CCCCO)C(C(=O)N(CC=C)c3ccc(OC)cc3)C23CC[C@@]1(C)S3. The highest BCUT2D eigenvalue weighted by atomic mass is 32.2. The van der Waals surface area contributed by atoms with E-state index in [2.05, 4.69) is 20.1 Å². The quantitative estimate of drug-likeness (QED) is 0.323. The molecule has 0 aromatic heterocycles. The van der Waals surface area contributed by atoms with Crippen LogP contribution >= 0.6 is 11.8 Å². The number of hydrogen-bond donors (Lipinski definition) is 1. The van der Waals surface area contributed by atoms with Crippen LogP contribution < -0.4 is 9.64 Å². The maximum absolute atomic E-state index is 14.5. The summed E-state index contributed by atoms with van der Waals surface area (Å²) >= 11 is 1.67. The number of ether oxygens (including phenoxy) is 1. The summed E-state index contributed by atoms with van der Waals surface area (Å²) in [5, 5.41) is 9.39. The Morgan fingerprint density at radius 2 is 1.84 bits per heavy atom. The van der Waals surface area contributed by atoms with E-state index in [9.17, 15) is 19.5 Å². The second kappa shape index (κ2) is 11.1. The number of amides is 3. The molecule has 5 atom stereocenters. The summed E-state index contributed by atoms with van der Waals surface area (Å²) in [5.74, 6) is -0.763. The van der Waals surface area contributed by atoms with E-state index in [4.69, 9.17) is 4.74 Å². The van der Waals surface area contributed by atoms with Gasteiger partial charge in [0.25, 0.3) is 5.91 Å². The summed E-state index contributed by atoms with van der Waals surface area (Å²) in [7, 11) is 3.33. The zero-order chi connectivity index (χ0) is 27.7. The van der Waals surface area contributed by atoms with Crippen LogP contribution in [0.25, 0.3) is 0 Å². The van der Waals surface area contributed by atoms with Crippen LogP contribution in [0.5, 0.6) is 5.75 Å². The fraction of sp³-hybridized carbons (Fsp3) is 0.552. The van der Waals surface area contributed by atoms with Crippen LogP contribution in [0, 0.1) is 11.8 Å². The number of hydrogen-bond acceptors (Lipinski definition) is 6. The number of nitrogens with zero attached hydrogens (tertiary/aromatic N) is 3. The van der Waals surface area contributed by atoms with Crippen LogP contribution in [0.15, 0.2) is 49.6 Å². The standard InChI is InChI=1S/C29H39N3O5S/c1-6-16-30(4)25(34)22-23-26(35)32(18-8-9-19-33)24(29(23)15-14-28(22,3)38-29)27(36)31(17-7-2)20-10-12-21(37-5)13-11-20/h6-7,10-13,22-24,33H,1-2,8-9,14-19H2,3-5H3/t22-,23-,24?,28+,29?/m0/s1. The highest BCUT2D eigenvalue weighted by molar-refractivity contribution is 8.02. The number of fused-ring (bicyclic) bond motifs is 1. The molecule has 1 aromatic rings. The maximum Gasteiger partial charge on any atom is 0.251 e. The number of thioether (sulfide) groups is 1. The summed E-state index contributed by atoms with van der Waals surface area (Å²) in [6.45, 7) is 10.8. The number of aliphatic hydroxyl groups is 1. The fourth-order valence-electron chi connectivity index (χ4n) is 6.60. The van der Waals surface area contributed by atoms with Gasteiger partial charge in [-0.05, 0) is 56.9 Å². The molecule has 2 bridgehead atoms. The van der Waals surface area contributed by atoms with E-state index in [1.54, 1.807) is 64.9 Å².